The minimum absolute atomic E-state index is 0.873. The Morgan fingerprint density at radius 2 is 0.781 bits per heavy atom. The molecular weight excluding hydrogens is 388 g/mol. The fourth-order valence-corrected chi connectivity index (χ4v) is 4.58. The summed E-state index contributed by atoms with van der Waals surface area (Å²) < 4.78 is 4.55. The normalized spacial score (nSPS) is 11.4. The van der Waals surface area contributed by atoms with Crippen LogP contribution in [0.4, 0.5) is 0 Å². The highest BCUT2D eigenvalue weighted by Gasteiger charge is 2.05. The lowest BCUT2D eigenvalue weighted by Crippen LogP contribution is -1.97. The van der Waals surface area contributed by atoms with Gasteiger partial charge in [0.2, 0.25) is 0 Å². The summed E-state index contributed by atoms with van der Waals surface area (Å²) in [4.78, 5) is 0. The molecule has 0 saturated carbocycles. The molecule has 0 spiro atoms. The monoisotopic (exact) mass is 412 g/mol. The van der Waals surface area contributed by atoms with Crippen molar-refractivity contribution in [1.82, 2.24) is 9.13 Å². The summed E-state index contributed by atoms with van der Waals surface area (Å²) >= 11 is 0. The average molecular weight is 413 g/mol. The lowest BCUT2D eigenvalue weighted by molar-refractivity contribution is 0.809. The van der Waals surface area contributed by atoms with Crippen LogP contribution in [0.1, 0.15) is 11.1 Å². The van der Waals surface area contributed by atoms with E-state index in [1.807, 2.05) is 0 Å². The van der Waals surface area contributed by atoms with Crippen LogP contribution in [0.15, 0.2) is 122 Å². The van der Waals surface area contributed by atoms with E-state index in [1.165, 1.54) is 43.8 Å². The van der Waals surface area contributed by atoms with Crippen molar-refractivity contribution in [3.05, 3.63) is 133 Å². The first-order chi connectivity index (χ1) is 15.8. The second-order valence-electron chi connectivity index (χ2n) is 8.52. The molecule has 154 valence electrons. The molecule has 6 rings (SSSR count). The highest BCUT2D eigenvalue weighted by Crippen LogP contribution is 2.24. The molecule has 0 aliphatic heterocycles. The van der Waals surface area contributed by atoms with Crippen LogP contribution in [0.25, 0.3) is 32.7 Å². The second-order valence-corrected chi connectivity index (χ2v) is 8.52. The van der Waals surface area contributed by atoms with Gasteiger partial charge in [-0.15, -0.1) is 0 Å². The zero-order chi connectivity index (χ0) is 21.3. The maximum absolute atomic E-state index is 2.31. The Balaban J connectivity index is 1.26. The number of hydrogen-bond donors (Lipinski definition) is 0. The van der Waals surface area contributed by atoms with Gasteiger partial charge in [0.25, 0.3) is 0 Å². The summed E-state index contributed by atoms with van der Waals surface area (Å²) in [7, 11) is 0. The maximum atomic E-state index is 2.31. The van der Waals surface area contributed by atoms with Crippen LogP contribution in [0.2, 0.25) is 0 Å². The molecule has 0 amide bonds. The SMILES string of the molecule is c1cc(Cn2cc3ccccc3c2)cc(-c2cccc(Cn3cc4ccccc4c3)c2)c1. The molecule has 0 aliphatic rings. The summed E-state index contributed by atoms with van der Waals surface area (Å²) in [5.41, 5.74) is 5.15. The van der Waals surface area contributed by atoms with E-state index >= 15 is 0 Å². The average Bonchev–Trinajstić information content (AvgIpc) is 3.42. The van der Waals surface area contributed by atoms with E-state index < -0.39 is 0 Å². The van der Waals surface area contributed by atoms with Gasteiger partial charge in [-0.1, -0.05) is 84.9 Å². The van der Waals surface area contributed by atoms with Crippen molar-refractivity contribution in [2.45, 2.75) is 13.1 Å². The van der Waals surface area contributed by atoms with Gasteiger partial charge in [0.05, 0.1) is 0 Å². The van der Waals surface area contributed by atoms with Crippen LogP contribution >= 0.6 is 0 Å². The number of hydrogen-bond acceptors (Lipinski definition) is 0. The van der Waals surface area contributed by atoms with E-state index in [0.717, 1.165) is 13.1 Å². The van der Waals surface area contributed by atoms with Crippen molar-refractivity contribution in [1.29, 1.82) is 0 Å². The zero-order valence-corrected chi connectivity index (χ0v) is 17.9. The quantitative estimate of drug-likeness (QED) is 0.280. The first kappa shape index (κ1) is 18.7. The minimum atomic E-state index is 0.873. The van der Waals surface area contributed by atoms with Gasteiger partial charge in [-0.2, -0.15) is 0 Å². The molecule has 0 atom stereocenters. The molecule has 2 heteroatoms. The first-order valence-electron chi connectivity index (χ1n) is 11.1. The van der Waals surface area contributed by atoms with E-state index in [0.29, 0.717) is 0 Å². The molecule has 0 fully saturated rings. The predicted octanol–water partition coefficient (Wildman–Crippen LogP) is 7.36. The van der Waals surface area contributed by atoms with E-state index in [1.54, 1.807) is 0 Å². The Labute approximate surface area is 188 Å². The molecule has 4 aromatic carbocycles. The Morgan fingerprint density at radius 3 is 1.16 bits per heavy atom. The summed E-state index contributed by atoms with van der Waals surface area (Å²) in [6.07, 6.45) is 8.90. The van der Waals surface area contributed by atoms with Crippen LogP contribution in [0.3, 0.4) is 0 Å². The molecule has 32 heavy (non-hydrogen) atoms. The van der Waals surface area contributed by atoms with Gasteiger partial charge in [-0.25, -0.2) is 0 Å². The first-order valence-corrected chi connectivity index (χ1v) is 11.1. The van der Waals surface area contributed by atoms with Crippen molar-refractivity contribution < 1.29 is 0 Å². The molecule has 0 N–H and O–H groups in total. The van der Waals surface area contributed by atoms with Crippen molar-refractivity contribution in [2.75, 3.05) is 0 Å². The number of benzene rings is 4. The van der Waals surface area contributed by atoms with E-state index in [4.69, 9.17) is 0 Å². The third-order valence-electron chi connectivity index (χ3n) is 6.13. The lowest BCUT2D eigenvalue weighted by Gasteiger charge is -2.09. The third kappa shape index (κ3) is 3.72. The molecule has 2 aromatic heterocycles. The van der Waals surface area contributed by atoms with Gasteiger partial charge >= 0.3 is 0 Å². The van der Waals surface area contributed by atoms with Crippen LogP contribution in [-0.4, -0.2) is 9.13 Å². The molecule has 6 aromatic rings. The van der Waals surface area contributed by atoms with Crippen LogP contribution < -0.4 is 0 Å². The van der Waals surface area contributed by atoms with Gasteiger partial charge < -0.3 is 9.13 Å². The number of nitrogens with zero attached hydrogens (tertiary/aromatic N) is 2. The van der Waals surface area contributed by atoms with Crippen LogP contribution in [0.5, 0.6) is 0 Å². The molecule has 2 heterocycles. The maximum Gasteiger partial charge on any atom is 0.0470 e. The van der Waals surface area contributed by atoms with Crippen molar-refractivity contribution in [3.63, 3.8) is 0 Å². The van der Waals surface area contributed by atoms with Crippen molar-refractivity contribution in [3.8, 4) is 11.1 Å². The van der Waals surface area contributed by atoms with Crippen molar-refractivity contribution in [2.24, 2.45) is 0 Å². The molecule has 0 bridgehead atoms. The lowest BCUT2D eigenvalue weighted by atomic mass is 10.0. The van der Waals surface area contributed by atoms with Gasteiger partial charge in [0.15, 0.2) is 0 Å². The van der Waals surface area contributed by atoms with Gasteiger partial charge in [0.1, 0.15) is 0 Å². The smallest absolute Gasteiger partial charge is 0.0470 e. The topological polar surface area (TPSA) is 9.86 Å². The standard InChI is InChI=1S/C30H24N2/c1-2-10-28-20-31(19-27(28)9-1)17-23-7-5-13-25(15-23)26-14-6-8-24(16-26)18-32-21-29-11-3-4-12-30(29)22-32/h1-16,19-22H,17-18H2. The summed E-state index contributed by atoms with van der Waals surface area (Å²) in [6.45, 7) is 1.75. The Kier molecular flexibility index (Phi) is 4.62. The van der Waals surface area contributed by atoms with Gasteiger partial charge in [-0.05, 0) is 55.9 Å². The fraction of sp³-hybridized carbons (Fsp3) is 0.0667. The van der Waals surface area contributed by atoms with Gasteiger partial charge in [0, 0.05) is 37.9 Å². The number of rotatable bonds is 5. The molecule has 0 radical (unpaired) electrons. The van der Waals surface area contributed by atoms with Crippen LogP contribution in [0, 0.1) is 0 Å². The largest absolute Gasteiger partial charge is 0.349 e. The molecule has 0 saturated heterocycles. The van der Waals surface area contributed by atoms with E-state index in [-0.39, 0.29) is 0 Å². The highest BCUT2D eigenvalue weighted by atomic mass is 14.9. The van der Waals surface area contributed by atoms with Crippen molar-refractivity contribution >= 4 is 21.5 Å². The minimum Gasteiger partial charge on any atom is -0.349 e. The summed E-state index contributed by atoms with van der Waals surface area (Å²) in [6, 6.07) is 34.8. The third-order valence-corrected chi connectivity index (χ3v) is 6.13. The summed E-state index contributed by atoms with van der Waals surface area (Å²) in [5.74, 6) is 0. The molecular formula is C30H24N2. The second kappa shape index (κ2) is 7.90. The van der Waals surface area contributed by atoms with Crippen LogP contribution in [-0.2, 0) is 13.1 Å². The Bertz CT molecular complexity index is 1350. The van der Waals surface area contributed by atoms with E-state index in [2.05, 4.69) is 131 Å². The highest BCUT2D eigenvalue weighted by molar-refractivity contribution is 5.82. The Morgan fingerprint density at radius 1 is 0.406 bits per heavy atom. The number of fused-ring (bicyclic) bond motifs is 2. The zero-order valence-electron chi connectivity index (χ0n) is 17.9. The van der Waals surface area contributed by atoms with Gasteiger partial charge in [-0.3, -0.25) is 0 Å². The fourth-order valence-electron chi connectivity index (χ4n) is 4.58. The summed E-state index contributed by atoms with van der Waals surface area (Å²) in [5, 5.41) is 5.14. The molecule has 0 aliphatic carbocycles. The predicted molar refractivity (Wildman–Crippen MR) is 134 cm³/mol. The number of aromatic nitrogens is 2. The van der Waals surface area contributed by atoms with E-state index in [9.17, 15) is 0 Å². The molecule has 0 unspecified atom stereocenters. The molecule has 2 nitrogen and oxygen atoms in total. The Hall–Kier alpha value is -4.04.